The van der Waals surface area contributed by atoms with Gasteiger partial charge in [-0.2, -0.15) is 8.78 Å². The summed E-state index contributed by atoms with van der Waals surface area (Å²) in [6.07, 6.45) is 1.99. The van der Waals surface area contributed by atoms with E-state index in [1.165, 1.54) is 17.0 Å². The second-order valence-corrected chi connectivity index (χ2v) is 14.1. The molecule has 1 aliphatic carbocycles. The number of halogens is 2. The van der Waals surface area contributed by atoms with E-state index < -0.39 is 48.1 Å². The summed E-state index contributed by atoms with van der Waals surface area (Å²) in [6, 6.07) is 12.5. The fourth-order valence-corrected chi connectivity index (χ4v) is 6.11. The second-order valence-electron chi connectivity index (χ2n) is 12.4. The van der Waals surface area contributed by atoms with Crippen LogP contribution in [0.15, 0.2) is 54.6 Å². The van der Waals surface area contributed by atoms with E-state index in [2.05, 4.69) is 15.6 Å². The Kier molecular flexibility index (Phi) is 8.00. The summed E-state index contributed by atoms with van der Waals surface area (Å²) in [4.78, 5) is 62.9. The van der Waals surface area contributed by atoms with Gasteiger partial charge in [-0.1, -0.05) is 57.2 Å². The molecule has 2 heterocycles. The van der Waals surface area contributed by atoms with Crippen LogP contribution in [0.25, 0.3) is 10.9 Å². The third kappa shape index (κ3) is 6.23. The van der Waals surface area contributed by atoms with E-state index in [9.17, 15) is 27.7 Å². The standard InChI is InChI=1S/C30H35F2N4O6P/c1-29(2,3)25(35-26(37)23-15-18-14-19(11-12-21(18)33-23)30(31,32)43(40,41)42)28(39)36-13-7-10-24(36)27(38)34-22-16-20(22)17-8-5-4-6-9-17/h4-6,8-9,11-12,14-15,20,22,24-25,33H,7,10,13,16H2,1-3H3,(H,34,38)(H,35,37)(H2,40,41,42)/t20-,22+,24-,25?/m0/s1. The average Bonchev–Trinajstić information content (AvgIpc) is 3.32. The summed E-state index contributed by atoms with van der Waals surface area (Å²) in [7, 11) is -5.77. The zero-order valence-electron chi connectivity index (χ0n) is 24.0. The van der Waals surface area contributed by atoms with E-state index in [0.29, 0.717) is 24.9 Å². The van der Waals surface area contributed by atoms with Gasteiger partial charge in [-0.05, 0) is 48.4 Å². The third-order valence-corrected chi connectivity index (χ3v) is 9.14. The van der Waals surface area contributed by atoms with Gasteiger partial charge in [-0.3, -0.25) is 18.9 Å². The minimum Gasteiger partial charge on any atom is -0.351 e. The van der Waals surface area contributed by atoms with E-state index >= 15 is 0 Å². The van der Waals surface area contributed by atoms with Gasteiger partial charge in [0, 0.05) is 35.0 Å². The Bertz CT molecular complexity index is 1600. The highest BCUT2D eigenvalue weighted by atomic mass is 31.2. The highest BCUT2D eigenvalue weighted by molar-refractivity contribution is 7.52. The zero-order chi connectivity index (χ0) is 31.3. The Morgan fingerprint density at radius 3 is 2.42 bits per heavy atom. The van der Waals surface area contributed by atoms with Crippen molar-refractivity contribution >= 4 is 36.2 Å². The van der Waals surface area contributed by atoms with Crippen molar-refractivity contribution in [2.75, 3.05) is 6.54 Å². The number of aromatic nitrogens is 1. The number of benzene rings is 2. The van der Waals surface area contributed by atoms with Gasteiger partial charge < -0.3 is 30.3 Å². The lowest BCUT2D eigenvalue weighted by molar-refractivity contribution is -0.141. The molecule has 1 unspecified atom stereocenters. The number of amides is 3. The van der Waals surface area contributed by atoms with Gasteiger partial charge in [-0.25, -0.2) is 0 Å². The van der Waals surface area contributed by atoms with Crippen LogP contribution in [0.4, 0.5) is 8.78 Å². The molecule has 3 aromatic rings. The van der Waals surface area contributed by atoms with Gasteiger partial charge >= 0.3 is 13.3 Å². The van der Waals surface area contributed by atoms with Crippen LogP contribution in [0.3, 0.4) is 0 Å². The molecule has 1 aliphatic heterocycles. The normalized spacial score (nSPS) is 21.5. The van der Waals surface area contributed by atoms with Crippen molar-refractivity contribution in [1.82, 2.24) is 20.5 Å². The summed E-state index contributed by atoms with van der Waals surface area (Å²) in [5.74, 6) is -1.04. The summed E-state index contributed by atoms with van der Waals surface area (Å²) in [5.41, 5.74) is -4.60. The number of hydrogen-bond acceptors (Lipinski definition) is 4. The Morgan fingerprint density at radius 1 is 1.07 bits per heavy atom. The Labute approximate surface area is 247 Å². The molecular formula is C30H35F2N4O6P. The van der Waals surface area contributed by atoms with Gasteiger partial charge in [0.2, 0.25) is 11.8 Å². The molecule has 4 atom stereocenters. The van der Waals surface area contributed by atoms with Gasteiger partial charge in [0.05, 0.1) is 0 Å². The number of carbonyl (C=O) groups excluding carboxylic acids is 3. The van der Waals surface area contributed by atoms with Crippen molar-refractivity contribution in [2.45, 2.75) is 69.7 Å². The summed E-state index contributed by atoms with van der Waals surface area (Å²) in [5, 5.41) is 5.98. The number of aromatic amines is 1. The number of H-pyrrole nitrogens is 1. The molecule has 2 aromatic carbocycles. The van der Waals surface area contributed by atoms with E-state index in [0.717, 1.165) is 24.1 Å². The molecule has 3 amide bonds. The van der Waals surface area contributed by atoms with Crippen molar-refractivity contribution in [2.24, 2.45) is 5.41 Å². The fourth-order valence-electron chi connectivity index (χ4n) is 5.64. The van der Waals surface area contributed by atoms with Crippen molar-refractivity contribution in [3.8, 4) is 0 Å². The third-order valence-electron chi connectivity index (χ3n) is 8.15. The minimum atomic E-state index is -5.77. The molecule has 43 heavy (non-hydrogen) atoms. The van der Waals surface area contributed by atoms with Crippen LogP contribution in [0.2, 0.25) is 0 Å². The van der Waals surface area contributed by atoms with E-state index in [-0.39, 0.29) is 28.9 Å². The minimum absolute atomic E-state index is 0.00902. The maximum atomic E-state index is 14.2. The first-order chi connectivity index (χ1) is 20.1. The van der Waals surface area contributed by atoms with E-state index in [4.69, 9.17) is 9.79 Å². The van der Waals surface area contributed by atoms with Crippen LogP contribution >= 0.6 is 7.60 Å². The van der Waals surface area contributed by atoms with Crippen LogP contribution in [-0.4, -0.2) is 62.1 Å². The maximum absolute atomic E-state index is 14.2. The van der Waals surface area contributed by atoms with E-state index in [1.54, 1.807) is 20.8 Å². The maximum Gasteiger partial charge on any atom is 0.399 e. The first kappa shape index (κ1) is 30.8. The Balaban J connectivity index is 1.29. The van der Waals surface area contributed by atoms with Gasteiger partial charge in [-0.15, -0.1) is 0 Å². The molecule has 13 heteroatoms. The number of alkyl halides is 2. The predicted molar refractivity (Wildman–Crippen MR) is 155 cm³/mol. The SMILES string of the molecule is CC(C)(C)C(NC(=O)c1cc2cc(C(F)(F)P(=O)(O)O)ccc2[nH]1)C(=O)N1CCC[C@H]1C(=O)N[C@@H]1C[C@H]1c1ccccc1. The van der Waals surface area contributed by atoms with Crippen molar-refractivity contribution < 1.29 is 37.5 Å². The first-order valence-electron chi connectivity index (χ1n) is 14.1. The molecule has 1 aromatic heterocycles. The molecule has 230 valence electrons. The largest absolute Gasteiger partial charge is 0.399 e. The Hall–Kier alpha value is -3.60. The molecule has 0 spiro atoms. The molecular weight excluding hydrogens is 581 g/mol. The number of nitrogens with one attached hydrogen (secondary N) is 3. The fraction of sp³-hybridized carbons (Fsp3) is 0.433. The van der Waals surface area contributed by atoms with E-state index in [1.807, 2.05) is 30.3 Å². The highest BCUT2D eigenvalue weighted by Crippen LogP contribution is 2.59. The molecule has 5 rings (SSSR count). The molecule has 0 radical (unpaired) electrons. The van der Waals surface area contributed by atoms with Crippen LogP contribution in [0.1, 0.15) is 67.6 Å². The van der Waals surface area contributed by atoms with Gasteiger partial charge in [0.15, 0.2) is 0 Å². The smallest absolute Gasteiger partial charge is 0.351 e. The first-order valence-corrected chi connectivity index (χ1v) is 15.7. The van der Waals surface area contributed by atoms with Crippen LogP contribution in [0, 0.1) is 5.41 Å². The molecule has 1 saturated carbocycles. The molecule has 0 bridgehead atoms. The lowest BCUT2D eigenvalue weighted by Gasteiger charge is -2.35. The molecule has 10 nitrogen and oxygen atoms in total. The summed E-state index contributed by atoms with van der Waals surface area (Å²) >= 11 is 0. The van der Waals surface area contributed by atoms with Crippen LogP contribution in [0.5, 0.6) is 0 Å². The highest BCUT2D eigenvalue weighted by Gasteiger charge is 2.50. The summed E-state index contributed by atoms with van der Waals surface area (Å²) in [6.45, 7) is 5.74. The number of fused-ring (bicyclic) bond motifs is 1. The monoisotopic (exact) mass is 616 g/mol. The molecule has 2 aliphatic rings. The quantitative estimate of drug-likeness (QED) is 0.239. The second kappa shape index (κ2) is 11.2. The van der Waals surface area contributed by atoms with Crippen molar-refractivity contribution in [1.29, 1.82) is 0 Å². The number of nitrogens with zero attached hydrogens (tertiary/aromatic N) is 1. The van der Waals surface area contributed by atoms with Gasteiger partial charge in [0.1, 0.15) is 17.8 Å². The lowest BCUT2D eigenvalue weighted by atomic mass is 9.85. The van der Waals surface area contributed by atoms with Crippen molar-refractivity contribution in [3.05, 3.63) is 71.4 Å². The van der Waals surface area contributed by atoms with Crippen molar-refractivity contribution in [3.63, 3.8) is 0 Å². The molecule has 5 N–H and O–H groups in total. The number of carbonyl (C=O) groups is 3. The van der Waals surface area contributed by atoms with Crippen LogP contribution in [-0.2, 0) is 19.8 Å². The molecule has 1 saturated heterocycles. The predicted octanol–water partition coefficient (Wildman–Crippen LogP) is 4.20. The number of rotatable bonds is 8. The van der Waals surface area contributed by atoms with Crippen LogP contribution < -0.4 is 10.6 Å². The zero-order valence-corrected chi connectivity index (χ0v) is 24.9. The number of likely N-dealkylation sites (tertiary alicyclic amines) is 1. The van der Waals surface area contributed by atoms with Gasteiger partial charge in [0.25, 0.3) is 5.91 Å². The average molecular weight is 617 g/mol. The number of hydrogen-bond donors (Lipinski definition) is 5. The summed E-state index contributed by atoms with van der Waals surface area (Å²) < 4.78 is 39.8. The molecule has 2 fully saturated rings. The topological polar surface area (TPSA) is 152 Å². The Morgan fingerprint density at radius 2 is 1.77 bits per heavy atom. The lowest BCUT2D eigenvalue weighted by Crippen LogP contribution is -2.57.